The van der Waals surface area contributed by atoms with E-state index in [4.69, 9.17) is 4.89 Å². The van der Waals surface area contributed by atoms with Gasteiger partial charge in [0.2, 0.25) is 0 Å². The Morgan fingerprint density at radius 3 is 2.58 bits per heavy atom. The summed E-state index contributed by atoms with van der Waals surface area (Å²) in [4.78, 5) is 16.8. The fraction of sp³-hybridized carbons (Fsp3) is 0.650. The maximum atomic E-state index is 12.0. The van der Waals surface area contributed by atoms with E-state index in [0.29, 0.717) is 18.8 Å². The second-order valence-electron chi connectivity index (χ2n) is 8.38. The molecule has 1 fully saturated rings. The standard InChI is InChI=1S/C20H28O4/c1-12(2)13-6-7-15-14(10-13)16(24-23)11-17-19(15,3)8-5-9-20(17,4)18(21)22/h6-7,10,12,16-17,23H,5,8-9,11H2,1-4H3,(H,21,22). The summed E-state index contributed by atoms with van der Waals surface area (Å²) in [6.45, 7) is 8.34. The minimum atomic E-state index is -0.780. The Hall–Kier alpha value is -1.39. The zero-order valence-electron chi connectivity index (χ0n) is 15.0. The summed E-state index contributed by atoms with van der Waals surface area (Å²) in [6, 6.07) is 6.41. The average molecular weight is 332 g/mol. The second-order valence-corrected chi connectivity index (χ2v) is 8.38. The fourth-order valence-electron chi connectivity index (χ4n) is 5.14. The molecule has 4 nitrogen and oxygen atoms in total. The molecule has 4 heteroatoms. The lowest BCUT2D eigenvalue weighted by molar-refractivity contribution is -0.291. The van der Waals surface area contributed by atoms with Crippen molar-refractivity contribution in [2.75, 3.05) is 0 Å². The summed E-state index contributed by atoms with van der Waals surface area (Å²) in [7, 11) is 0. The number of benzene rings is 1. The summed E-state index contributed by atoms with van der Waals surface area (Å²) in [5.74, 6) is -0.390. The molecule has 2 aliphatic carbocycles. The molecule has 0 bridgehead atoms. The van der Waals surface area contributed by atoms with Crippen molar-refractivity contribution in [2.45, 2.75) is 70.8 Å². The van der Waals surface area contributed by atoms with Crippen molar-refractivity contribution >= 4 is 5.97 Å². The highest BCUT2D eigenvalue weighted by Gasteiger charge is 2.57. The Balaban J connectivity index is 2.16. The van der Waals surface area contributed by atoms with Gasteiger partial charge in [0.1, 0.15) is 6.10 Å². The quantitative estimate of drug-likeness (QED) is 0.611. The van der Waals surface area contributed by atoms with E-state index < -0.39 is 17.5 Å². The molecule has 0 aliphatic heterocycles. The number of fused-ring (bicyclic) bond motifs is 3. The lowest BCUT2D eigenvalue weighted by Gasteiger charge is -2.54. The average Bonchev–Trinajstić information content (AvgIpc) is 2.54. The first kappa shape index (κ1) is 17.4. The van der Waals surface area contributed by atoms with Crippen LogP contribution in [0.4, 0.5) is 0 Å². The summed E-state index contributed by atoms with van der Waals surface area (Å²) in [5, 5.41) is 19.4. The first-order valence-electron chi connectivity index (χ1n) is 8.92. The van der Waals surface area contributed by atoms with Crippen LogP contribution in [0.2, 0.25) is 0 Å². The zero-order valence-corrected chi connectivity index (χ0v) is 15.0. The van der Waals surface area contributed by atoms with Crippen LogP contribution in [0.25, 0.3) is 0 Å². The second kappa shape index (κ2) is 5.85. The van der Waals surface area contributed by atoms with Crippen molar-refractivity contribution in [3.8, 4) is 0 Å². The van der Waals surface area contributed by atoms with Crippen molar-refractivity contribution in [2.24, 2.45) is 11.3 Å². The van der Waals surface area contributed by atoms with Gasteiger partial charge in [0.15, 0.2) is 0 Å². The van der Waals surface area contributed by atoms with Crippen LogP contribution in [0.1, 0.15) is 82.1 Å². The lowest BCUT2D eigenvalue weighted by atomic mass is 9.49. The van der Waals surface area contributed by atoms with Crippen LogP contribution < -0.4 is 0 Å². The van der Waals surface area contributed by atoms with Crippen LogP contribution >= 0.6 is 0 Å². The molecule has 1 saturated carbocycles. The Labute approximate surface area is 143 Å². The van der Waals surface area contributed by atoms with E-state index in [1.165, 1.54) is 5.56 Å². The predicted octanol–water partition coefficient (Wildman–Crippen LogP) is 4.89. The van der Waals surface area contributed by atoms with E-state index in [1.54, 1.807) is 0 Å². The summed E-state index contributed by atoms with van der Waals surface area (Å²) >= 11 is 0. The van der Waals surface area contributed by atoms with Gasteiger partial charge in [0, 0.05) is 0 Å². The highest BCUT2D eigenvalue weighted by Crippen LogP contribution is 2.60. The van der Waals surface area contributed by atoms with Gasteiger partial charge in [-0.3, -0.25) is 10.1 Å². The molecule has 0 spiro atoms. The summed E-state index contributed by atoms with van der Waals surface area (Å²) in [6.07, 6.45) is 2.66. The maximum absolute atomic E-state index is 12.0. The number of hydrogen-bond acceptors (Lipinski definition) is 3. The molecule has 24 heavy (non-hydrogen) atoms. The van der Waals surface area contributed by atoms with Gasteiger partial charge >= 0.3 is 5.97 Å². The minimum absolute atomic E-state index is 0.0502. The van der Waals surface area contributed by atoms with Gasteiger partial charge in [-0.25, -0.2) is 4.89 Å². The van der Waals surface area contributed by atoms with E-state index in [2.05, 4.69) is 39.0 Å². The van der Waals surface area contributed by atoms with Crippen LogP contribution in [0.15, 0.2) is 18.2 Å². The third-order valence-corrected chi connectivity index (χ3v) is 6.70. The molecule has 0 amide bonds. The van der Waals surface area contributed by atoms with Gasteiger partial charge < -0.3 is 5.11 Å². The monoisotopic (exact) mass is 332 g/mol. The molecule has 4 atom stereocenters. The minimum Gasteiger partial charge on any atom is -0.481 e. The summed E-state index contributed by atoms with van der Waals surface area (Å²) in [5.41, 5.74) is 2.42. The number of carboxylic acids is 1. The molecule has 0 radical (unpaired) electrons. The Morgan fingerprint density at radius 2 is 2.00 bits per heavy atom. The van der Waals surface area contributed by atoms with E-state index in [-0.39, 0.29) is 11.3 Å². The number of carboxylic acid groups (broad SMARTS) is 1. The fourth-order valence-corrected chi connectivity index (χ4v) is 5.14. The number of carbonyl (C=O) groups is 1. The predicted molar refractivity (Wildman–Crippen MR) is 92.0 cm³/mol. The SMILES string of the molecule is CC(C)c1ccc2c(c1)C(OO)CC1C(C)(C(=O)O)CCCC21C. The van der Waals surface area contributed by atoms with Crippen LogP contribution in [0.3, 0.4) is 0 Å². The largest absolute Gasteiger partial charge is 0.481 e. The van der Waals surface area contributed by atoms with Gasteiger partial charge in [-0.05, 0) is 60.1 Å². The van der Waals surface area contributed by atoms with E-state index in [9.17, 15) is 15.2 Å². The molecule has 4 unspecified atom stereocenters. The topological polar surface area (TPSA) is 66.8 Å². The van der Waals surface area contributed by atoms with Crippen molar-refractivity contribution in [1.29, 1.82) is 0 Å². The first-order chi connectivity index (χ1) is 11.2. The first-order valence-corrected chi connectivity index (χ1v) is 8.92. The van der Waals surface area contributed by atoms with Gasteiger partial charge in [-0.1, -0.05) is 45.4 Å². The molecular formula is C20H28O4. The Bertz CT molecular complexity index is 653. The third-order valence-electron chi connectivity index (χ3n) is 6.70. The number of hydrogen-bond donors (Lipinski definition) is 2. The van der Waals surface area contributed by atoms with E-state index in [1.807, 2.05) is 6.92 Å². The normalized spacial score (nSPS) is 35.4. The van der Waals surface area contributed by atoms with Crippen LogP contribution in [0.5, 0.6) is 0 Å². The molecule has 132 valence electrons. The highest BCUT2D eigenvalue weighted by atomic mass is 17.1. The van der Waals surface area contributed by atoms with Crippen LogP contribution in [0, 0.1) is 11.3 Å². The highest BCUT2D eigenvalue weighted by molar-refractivity contribution is 5.75. The number of aliphatic carboxylic acids is 1. The van der Waals surface area contributed by atoms with Crippen LogP contribution in [-0.2, 0) is 15.1 Å². The van der Waals surface area contributed by atoms with E-state index >= 15 is 0 Å². The molecule has 0 saturated heterocycles. The number of rotatable bonds is 3. The third kappa shape index (κ3) is 2.39. The molecule has 0 aromatic heterocycles. The van der Waals surface area contributed by atoms with E-state index in [0.717, 1.165) is 24.0 Å². The smallest absolute Gasteiger partial charge is 0.309 e. The van der Waals surface area contributed by atoms with Gasteiger partial charge in [-0.15, -0.1) is 0 Å². The van der Waals surface area contributed by atoms with Crippen molar-refractivity contribution in [3.63, 3.8) is 0 Å². The van der Waals surface area contributed by atoms with Crippen LogP contribution in [-0.4, -0.2) is 16.3 Å². The van der Waals surface area contributed by atoms with Crippen molar-refractivity contribution in [1.82, 2.24) is 0 Å². The zero-order chi connectivity index (χ0) is 17.7. The Kier molecular flexibility index (Phi) is 4.25. The Morgan fingerprint density at radius 1 is 1.29 bits per heavy atom. The molecule has 1 aromatic rings. The summed E-state index contributed by atoms with van der Waals surface area (Å²) < 4.78 is 0. The molecule has 0 heterocycles. The van der Waals surface area contributed by atoms with Crippen molar-refractivity contribution in [3.05, 3.63) is 34.9 Å². The molecular weight excluding hydrogens is 304 g/mol. The van der Waals surface area contributed by atoms with Gasteiger partial charge in [-0.2, -0.15) is 0 Å². The molecule has 2 N–H and O–H groups in total. The molecule has 1 aromatic carbocycles. The lowest BCUT2D eigenvalue weighted by Crippen LogP contribution is -2.53. The maximum Gasteiger partial charge on any atom is 0.309 e. The molecule has 2 aliphatic rings. The van der Waals surface area contributed by atoms with Gasteiger partial charge in [0.25, 0.3) is 0 Å². The van der Waals surface area contributed by atoms with Crippen molar-refractivity contribution < 1.29 is 20.0 Å². The molecule has 3 rings (SSSR count). The van der Waals surface area contributed by atoms with Gasteiger partial charge in [0.05, 0.1) is 5.41 Å².